The second-order valence-electron chi connectivity index (χ2n) is 8.84. The van der Waals surface area contributed by atoms with Gasteiger partial charge in [0, 0.05) is 18.8 Å². The van der Waals surface area contributed by atoms with E-state index in [-0.39, 0.29) is 22.6 Å². The molecular weight excluding hydrogens is 319 g/mol. The van der Waals surface area contributed by atoms with E-state index < -0.39 is 5.97 Å². The molecule has 25 heavy (non-hydrogen) atoms. The summed E-state index contributed by atoms with van der Waals surface area (Å²) < 4.78 is 20.0. The number of allylic oxidation sites excluding steroid dienone is 5. The molecule has 1 N–H and O–H groups in total. The van der Waals surface area contributed by atoms with Crippen LogP contribution in [0.2, 0.25) is 0 Å². The molecule has 0 heterocycles. The van der Waals surface area contributed by atoms with E-state index in [9.17, 15) is 14.3 Å². The van der Waals surface area contributed by atoms with Crippen LogP contribution in [-0.2, 0) is 9.53 Å². The Morgan fingerprint density at radius 1 is 1.28 bits per heavy atom. The van der Waals surface area contributed by atoms with Crippen LogP contribution in [0.3, 0.4) is 0 Å². The lowest BCUT2D eigenvalue weighted by Gasteiger charge is -2.57. The number of esters is 1. The Hall–Kier alpha value is -1.58. The Kier molecular flexibility index (Phi) is 3.68. The number of carbonyl (C=O) groups excluding carboxylic acids is 1. The zero-order chi connectivity index (χ0) is 18.0. The second-order valence-corrected chi connectivity index (χ2v) is 8.84. The number of carbonyl (C=O) groups is 1. The maximum Gasteiger partial charge on any atom is 0.307 e. The van der Waals surface area contributed by atoms with Gasteiger partial charge in [-0.15, -0.1) is 0 Å². The Morgan fingerprint density at radius 3 is 2.76 bits per heavy atom. The van der Waals surface area contributed by atoms with Crippen molar-refractivity contribution in [1.82, 2.24) is 0 Å². The Balaban J connectivity index is 1.65. The molecule has 0 amide bonds. The first-order chi connectivity index (χ1) is 11.8. The van der Waals surface area contributed by atoms with E-state index in [0.717, 1.165) is 25.7 Å². The quantitative estimate of drug-likeness (QED) is 0.663. The fraction of sp³-hybridized carbons (Fsp3) is 0.667. The third-order valence-electron chi connectivity index (χ3n) is 7.63. The van der Waals surface area contributed by atoms with Gasteiger partial charge in [0.15, 0.2) is 0 Å². The molecule has 0 radical (unpaired) electrons. The fourth-order valence-electron chi connectivity index (χ4n) is 6.35. The summed E-state index contributed by atoms with van der Waals surface area (Å²) in [5.74, 6) is 1.47. The number of aliphatic hydroxyl groups excluding tert-OH is 1. The molecule has 0 aromatic carbocycles. The molecule has 0 aliphatic heterocycles. The molecule has 2 fully saturated rings. The molecule has 2 saturated carbocycles. The van der Waals surface area contributed by atoms with Crippen LogP contribution in [0.4, 0.5) is 4.39 Å². The van der Waals surface area contributed by atoms with E-state index >= 15 is 0 Å². The Labute approximate surface area is 148 Å². The first-order valence-electron chi connectivity index (χ1n) is 9.43. The van der Waals surface area contributed by atoms with Crippen LogP contribution in [0.15, 0.2) is 35.6 Å². The molecule has 6 atom stereocenters. The maximum atomic E-state index is 14.7. The summed E-state index contributed by atoms with van der Waals surface area (Å²) >= 11 is 0. The van der Waals surface area contributed by atoms with Gasteiger partial charge in [-0.3, -0.25) is 4.79 Å². The lowest BCUT2D eigenvalue weighted by Crippen LogP contribution is -2.51. The highest BCUT2D eigenvalue weighted by Crippen LogP contribution is 2.66. The van der Waals surface area contributed by atoms with Gasteiger partial charge in [-0.2, -0.15) is 0 Å². The van der Waals surface area contributed by atoms with Crippen molar-refractivity contribution in [2.24, 2.45) is 34.5 Å². The van der Waals surface area contributed by atoms with E-state index in [1.807, 2.05) is 12.2 Å². The van der Waals surface area contributed by atoms with E-state index in [2.05, 4.69) is 19.9 Å². The second kappa shape index (κ2) is 5.46. The summed E-state index contributed by atoms with van der Waals surface area (Å²) in [6, 6.07) is 0. The minimum absolute atomic E-state index is 0.0249. The van der Waals surface area contributed by atoms with Crippen molar-refractivity contribution in [2.45, 2.75) is 52.9 Å². The molecule has 0 bridgehead atoms. The first kappa shape index (κ1) is 16.9. The number of halogens is 1. The van der Waals surface area contributed by atoms with Crippen LogP contribution in [0.5, 0.6) is 0 Å². The third-order valence-corrected chi connectivity index (χ3v) is 7.63. The first-order valence-corrected chi connectivity index (χ1v) is 9.43. The summed E-state index contributed by atoms with van der Waals surface area (Å²) in [4.78, 5) is 11.5. The van der Waals surface area contributed by atoms with Crippen molar-refractivity contribution in [2.75, 3.05) is 0 Å². The van der Waals surface area contributed by atoms with Gasteiger partial charge >= 0.3 is 5.97 Å². The lowest BCUT2D eigenvalue weighted by atomic mass is 9.47. The van der Waals surface area contributed by atoms with Crippen LogP contribution < -0.4 is 0 Å². The summed E-state index contributed by atoms with van der Waals surface area (Å²) in [6.07, 6.45) is 10.3. The number of ether oxygens (including phenoxy) is 1. The summed E-state index contributed by atoms with van der Waals surface area (Å²) in [7, 11) is 0. The monoisotopic (exact) mass is 346 g/mol. The SMILES string of the molecule is CC(=O)OC1=C(F)C[C@H]2[C@@H]3CC[C@@H]4C=C(O)C=C[C@]4(C)[C@H]3CC[C@]12C. The molecule has 4 heteroatoms. The summed E-state index contributed by atoms with van der Waals surface area (Å²) in [5.41, 5.74) is -0.340. The van der Waals surface area contributed by atoms with Crippen molar-refractivity contribution >= 4 is 5.97 Å². The van der Waals surface area contributed by atoms with Crippen molar-refractivity contribution in [1.29, 1.82) is 0 Å². The number of hydrogen-bond donors (Lipinski definition) is 1. The van der Waals surface area contributed by atoms with Crippen LogP contribution in [0.25, 0.3) is 0 Å². The van der Waals surface area contributed by atoms with Crippen LogP contribution in [0, 0.1) is 34.5 Å². The average Bonchev–Trinajstić information content (AvgIpc) is 2.79. The van der Waals surface area contributed by atoms with Gasteiger partial charge in [0.1, 0.15) is 17.3 Å². The standard InChI is InChI=1S/C21H27FO3/c1-12(23)25-19-18(22)11-17-15-5-4-13-10-14(24)6-8-20(13,2)16(15)7-9-21(17,19)3/h6,8,10,13,15-17,24H,4-5,7,9,11H2,1-3H3/t13-,15-,16+,17+,20+,21+/m1/s1. The molecule has 0 aromatic heterocycles. The zero-order valence-electron chi connectivity index (χ0n) is 15.2. The predicted molar refractivity (Wildman–Crippen MR) is 93.0 cm³/mol. The highest BCUT2D eigenvalue weighted by atomic mass is 19.1. The van der Waals surface area contributed by atoms with Crippen LogP contribution in [0.1, 0.15) is 52.9 Å². The van der Waals surface area contributed by atoms with Crippen molar-refractivity contribution < 1.29 is 19.0 Å². The van der Waals surface area contributed by atoms with E-state index in [1.165, 1.54) is 6.92 Å². The Bertz CT molecular complexity index is 706. The van der Waals surface area contributed by atoms with E-state index in [4.69, 9.17) is 4.74 Å². The molecule has 0 spiro atoms. The maximum absolute atomic E-state index is 14.7. The molecular formula is C21H27FO3. The molecule has 4 rings (SSSR count). The molecule has 4 aliphatic rings. The molecule has 0 aromatic rings. The molecule has 3 nitrogen and oxygen atoms in total. The lowest BCUT2D eigenvalue weighted by molar-refractivity contribution is -0.140. The molecule has 4 aliphatic carbocycles. The van der Waals surface area contributed by atoms with Crippen LogP contribution >= 0.6 is 0 Å². The number of hydrogen-bond acceptors (Lipinski definition) is 3. The molecule has 0 saturated heterocycles. The third kappa shape index (κ3) is 2.32. The van der Waals surface area contributed by atoms with Gasteiger partial charge in [0.25, 0.3) is 0 Å². The number of aliphatic hydroxyl groups is 1. The van der Waals surface area contributed by atoms with Gasteiger partial charge in [-0.25, -0.2) is 4.39 Å². The summed E-state index contributed by atoms with van der Waals surface area (Å²) in [6.45, 7) is 5.72. The highest BCUT2D eigenvalue weighted by molar-refractivity contribution is 5.67. The van der Waals surface area contributed by atoms with Crippen molar-refractivity contribution in [3.63, 3.8) is 0 Å². The topological polar surface area (TPSA) is 46.5 Å². The van der Waals surface area contributed by atoms with E-state index in [0.29, 0.717) is 35.7 Å². The average molecular weight is 346 g/mol. The van der Waals surface area contributed by atoms with Gasteiger partial charge in [-0.05, 0) is 66.9 Å². The minimum Gasteiger partial charge on any atom is -0.508 e. The Morgan fingerprint density at radius 2 is 2.04 bits per heavy atom. The van der Waals surface area contributed by atoms with Crippen LogP contribution in [-0.4, -0.2) is 11.1 Å². The van der Waals surface area contributed by atoms with E-state index in [1.54, 1.807) is 0 Å². The highest BCUT2D eigenvalue weighted by Gasteiger charge is 2.60. The number of fused-ring (bicyclic) bond motifs is 5. The largest absolute Gasteiger partial charge is 0.508 e. The van der Waals surface area contributed by atoms with Gasteiger partial charge in [0.2, 0.25) is 0 Å². The smallest absolute Gasteiger partial charge is 0.307 e. The number of rotatable bonds is 1. The predicted octanol–water partition coefficient (Wildman–Crippen LogP) is 5.21. The summed E-state index contributed by atoms with van der Waals surface area (Å²) in [5, 5.41) is 9.87. The van der Waals surface area contributed by atoms with Gasteiger partial charge in [0.05, 0.1) is 0 Å². The fourth-order valence-corrected chi connectivity index (χ4v) is 6.35. The zero-order valence-corrected chi connectivity index (χ0v) is 15.2. The minimum atomic E-state index is -0.430. The van der Waals surface area contributed by atoms with Gasteiger partial charge < -0.3 is 9.84 Å². The van der Waals surface area contributed by atoms with Crippen molar-refractivity contribution in [3.05, 3.63) is 35.6 Å². The van der Waals surface area contributed by atoms with Crippen molar-refractivity contribution in [3.8, 4) is 0 Å². The van der Waals surface area contributed by atoms with Gasteiger partial charge in [-0.1, -0.05) is 19.9 Å². The normalized spacial score (nSPS) is 45.4. The molecule has 0 unspecified atom stereocenters. The molecule has 136 valence electrons.